The Kier molecular flexibility index (Phi) is 4.78. The van der Waals surface area contributed by atoms with Gasteiger partial charge in [0.1, 0.15) is 0 Å². The van der Waals surface area contributed by atoms with Crippen molar-refractivity contribution >= 4 is 0 Å². The molecule has 1 aliphatic carbocycles. The van der Waals surface area contributed by atoms with Crippen LogP contribution in [-0.2, 0) is 6.54 Å². The second kappa shape index (κ2) is 6.34. The molecule has 18 heavy (non-hydrogen) atoms. The number of hydrogen-bond acceptors (Lipinski definition) is 3. The molecule has 0 spiro atoms. The monoisotopic (exact) mass is 250 g/mol. The summed E-state index contributed by atoms with van der Waals surface area (Å²) < 4.78 is 2.00. The maximum absolute atomic E-state index is 5.87. The zero-order valence-electron chi connectivity index (χ0n) is 11.6. The van der Waals surface area contributed by atoms with E-state index in [1.54, 1.807) is 0 Å². The lowest BCUT2D eigenvalue weighted by atomic mass is 10.1. The van der Waals surface area contributed by atoms with Gasteiger partial charge >= 0.3 is 0 Å². The van der Waals surface area contributed by atoms with Gasteiger partial charge < -0.3 is 11.1 Å². The smallest absolute Gasteiger partial charge is 0.0538 e. The van der Waals surface area contributed by atoms with Gasteiger partial charge in [-0.3, -0.25) is 4.68 Å². The van der Waals surface area contributed by atoms with Crippen LogP contribution in [0.15, 0.2) is 12.4 Å². The van der Waals surface area contributed by atoms with Gasteiger partial charge in [-0.15, -0.1) is 0 Å². The van der Waals surface area contributed by atoms with Crippen LogP contribution in [0.1, 0.15) is 44.7 Å². The maximum Gasteiger partial charge on any atom is 0.0538 e. The maximum atomic E-state index is 5.87. The average Bonchev–Trinajstić information content (AvgIpc) is 3.12. The molecule has 1 aliphatic rings. The molecule has 1 fully saturated rings. The van der Waals surface area contributed by atoms with Crippen LogP contribution in [0.25, 0.3) is 0 Å². The van der Waals surface area contributed by atoms with Gasteiger partial charge in [-0.2, -0.15) is 5.10 Å². The van der Waals surface area contributed by atoms with Crippen LogP contribution in [0.2, 0.25) is 0 Å². The molecule has 0 aromatic carbocycles. The van der Waals surface area contributed by atoms with Gasteiger partial charge in [-0.05, 0) is 37.6 Å². The molecule has 2 atom stereocenters. The van der Waals surface area contributed by atoms with Crippen LogP contribution in [0.5, 0.6) is 0 Å². The molecule has 0 amide bonds. The van der Waals surface area contributed by atoms with Crippen molar-refractivity contribution in [2.45, 2.75) is 45.7 Å². The third kappa shape index (κ3) is 3.56. The minimum Gasteiger partial charge on any atom is -0.329 e. The number of aromatic nitrogens is 2. The third-order valence-electron chi connectivity index (χ3n) is 3.86. The quantitative estimate of drug-likeness (QED) is 0.741. The minimum atomic E-state index is 0.247. The van der Waals surface area contributed by atoms with E-state index in [1.807, 2.05) is 10.9 Å². The highest BCUT2D eigenvalue weighted by Gasteiger charge is 2.28. The molecule has 1 heterocycles. The summed E-state index contributed by atoms with van der Waals surface area (Å²) in [4.78, 5) is 0. The normalized spacial score (nSPS) is 18.8. The van der Waals surface area contributed by atoms with E-state index in [2.05, 4.69) is 30.5 Å². The van der Waals surface area contributed by atoms with E-state index in [-0.39, 0.29) is 6.04 Å². The Bertz CT molecular complexity index is 356. The zero-order chi connectivity index (χ0) is 13.0. The second-order valence-corrected chi connectivity index (χ2v) is 5.55. The summed E-state index contributed by atoms with van der Waals surface area (Å²) in [6, 6.07) is 0.247. The summed E-state index contributed by atoms with van der Waals surface area (Å²) in [5.41, 5.74) is 7.08. The first-order chi connectivity index (χ1) is 8.74. The van der Waals surface area contributed by atoms with Crippen molar-refractivity contribution in [1.82, 2.24) is 15.1 Å². The van der Waals surface area contributed by atoms with Gasteiger partial charge in [0.15, 0.2) is 0 Å². The molecular weight excluding hydrogens is 224 g/mol. The molecule has 0 saturated heterocycles. The predicted molar refractivity (Wildman–Crippen MR) is 74.2 cm³/mol. The lowest BCUT2D eigenvalue weighted by Crippen LogP contribution is -2.31. The van der Waals surface area contributed by atoms with Crippen LogP contribution in [0.4, 0.5) is 0 Å². The predicted octanol–water partition coefficient (Wildman–Crippen LogP) is 1.93. The zero-order valence-corrected chi connectivity index (χ0v) is 11.6. The second-order valence-electron chi connectivity index (χ2n) is 5.55. The fourth-order valence-corrected chi connectivity index (χ4v) is 2.41. The van der Waals surface area contributed by atoms with Crippen LogP contribution < -0.4 is 11.1 Å². The molecule has 0 aliphatic heterocycles. The molecule has 1 saturated carbocycles. The molecule has 0 bridgehead atoms. The summed E-state index contributed by atoms with van der Waals surface area (Å²) in [6.45, 7) is 7.17. The van der Waals surface area contributed by atoms with E-state index in [0.29, 0.717) is 6.54 Å². The molecule has 0 radical (unpaired) electrons. The Balaban J connectivity index is 1.85. The van der Waals surface area contributed by atoms with Crippen LogP contribution in [0, 0.1) is 11.8 Å². The van der Waals surface area contributed by atoms with E-state index in [0.717, 1.165) is 31.3 Å². The fraction of sp³-hybridized carbons (Fsp3) is 0.786. The summed E-state index contributed by atoms with van der Waals surface area (Å²) in [5.74, 6) is 1.71. The number of nitrogens with one attached hydrogen (secondary N) is 1. The Morgan fingerprint density at radius 1 is 1.56 bits per heavy atom. The van der Waals surface area contributed by atoms with Gasteiger partial charge in [0.25, 0.3) is 0 Å². The lowest BCUT2D eigenvalue weighted by molar-refractivity contribution is 0.422. The summed E-state index contributed by atoms with van der Waals surface area (Å²) in [5, 5.41) is 7.95. The third-order valence-corrected chi connectivity index (χ3v) is 3.86. The van der Waals surface area contributed by atoms with Crippen molar-refractivity contribution in [3.05, 3.63) is 18.0 Å². The molecule has 102 valence electrons. The molecule has 2 rings (SSSR count). The number of rotatable bonds is 8. The standard InChI is InChI=1S/C14H26N4/c1-3-6-18-10-13(9-17-18)14(7-15)16-8-11(2)12-4-5-12/h9-12,14,16H,3-8,15H2,1-2H3. The number of aryl methyl sites for hydroxylation is 1. The van der Waals surface area contributed by atoms with Crippen LogP contribution in [-0.4, -0.2) is 22.9 Å². The van der Waals surface area contributed by atoms with Gasteiger partial charge in [0, 0.05) is 30.9 Å². The van der Waals surface area contributed by atoms with Crippen molar-refractivity contribution in [1.29, 1.82) is 0 Å². The molecule has 2 unspecified atom stereocenters. The number of nitrogens with zero attached hydrogens (tertiary/aromatic N) is 2. The Morgan fingerprint density at radius 2 is 2.33 bits per heavy atom. The summed E-state index contributed by atoms with van der Waals surface area (Å²) >= 11 is 0. The summed E-state index contributed by atoms with van der Waals surface area (Å²) in [6.07, 6.45) is 7.99. The first kappa shape index (κ1) is 13.6. The highest BCUT2D eigenvalue weighted by molar-refractivity contribution is 5.11. The van der Waals surface area contributed by atoms with Crippen molar-refractivity contribution < 1.29 is 0 Å². The molecule has 1 aromatic heterocycles. The molecule has 4 heteroatoms. The van der Waals surface area contributed by atoms with Crippen molar-refractivity contribution in [3.8, 4) is 0 Å². The van der Waals surface area contributed by atoms with E-state index in [9.17, 15) is 0 Å². The molecular formula is C14H26N4. The highest BCUT2D eigenvalue weighted by atomic mass is 15.3. The van der Waals surface area contributed by atoms with Crippen molar-refractivity contribution in [2.24, 2.45) is 17.6 Å². The Labute approximate surface area is 110 Å². The largest absolute Gasteiger partial charge is 0.329 e. The lowest BCUT2D eigenvalue weighted by Gasteiger charge is -2.18. The SMILES string of the molecule is CCCn1cc(C(CN)NCC(C)C2CC2)cn1. The average molecular weight is 250 g/mol. The topological polar surface area (TPSA) is 55.9 Å². The Morgan fingerprint density at radius 3 is 2.94 bits per heavy atom. The number of nitrogens with two attached hydrogens (primary N) is 1. The number of hydrogen-bond donors (Lipinski definition) is 2. The van der Waals surface area contributed by atoms with Gasteiger partial charge in [0.2, 0.25) is 0 Å². The fourth-order valence-electron chi connectivity index (χ4n) is 2.41. The minimum absolute atomic E-state index is 0.247. The van der Waals surface area contributed by atoms with E-state index >= 15 is 0 Å². The van der Waals surface area contributed by atoms with E-state index in [4.69, 9.17) is 5.73 Å². The first-order valence-electron chi connectivity index (χ1n) is 7.20. The Hall–Kier alpha value is -0.870. The van der Waals surface area contributed by atoms with Gasteiger partial charge in [0.05, 0.1) is 6.20 Å². The summed E-state index contributed by atoms with van der Waals surface area (Å²) in [7, 11) is 0. The van der Waals surface area contributed by atoms with Crippen molar-refractivity contribution in [3.63, 3.8) is 0 Å². The van der Waals surface area contributed by atoms with Gasteiger partial charge in [-0.25, -0.2) is 0 Å². The van der Waals surface area contributed by atoms with Crippen LogP contribution >= 0.6 is 0 Å². The molecule has 4 nitrogen and oxygen atoms in total. The molecule has 3 N–H and O–H groups in total. The van der Waals surface area contributed by atoms with Crippen molar-refractivity contribution in [2.75, 3.05) is 13.1 Å². The highest BCUT2D eigenvalue weighted by Crippen LogP contribution is 2.36. The van der Waals surface area contributed by atoms with E-state index < -0.39 is 0 Å². The van der Waals surface area contributed by atoms with Crippen LogP contribution in [0.3, 0.4) is 0 Å². The molecule has 1 aromatic rings. The van der Waals surface area contributed by atoms with Gasteiger partial charge in [-0.1, -0.05) is 13.8 Å². The van der Waals surface area contributed by atoms with E-state index in [1.165, 1.54) is 18.4 Å². The first-order valence-corrected chi connectivity index (χ1v) is 7.20.